The maximum absolute atomic E-state index is 13.8. The molecule has 0 aromatic heterocycles. The maximum Gasteiger partial charge on any atom is 0.534 e. The highest BCUT2D eigenvalue weighted by Crippen LogP contribution is 2.55. The van der Waals surface area contributed by atoms with Crippen LogP contribution in [0, 0.1) is 0 Å². The van der Waals surface area contributed by atoms with Gasteiger partial charge in [0.2, 0.25) is 0 Å². The second-order valence-electron chi connectivity index (χ2n) is 13.0. The van der Waals surface area contributed by atoms with Crippen molar-refractivity contribution in [2.24, 2.45) is 0 Å². The molecule has 292 valence electrons. The van der Waals surface area contributed by atoms with Crippen LogP contribution in [0.15, 0.2) is 158 Å². The number of benzene rings is 8. The third kappa shape index (κ3) is 6.57. The van der Waals surface area contributed by atoms with E-state index in [9.17, 15) is 43.2 Å². The van der Waals surface area contributed by atoms with Crippen molar-refractivity contribution in [3.63, 3.8) is 0 Å². The van der Waals surface area contributed by atoms with Crippen molar-refractivity contribution in [2.45, 2.75) is 11.0 Å². The molecule has 0 saturated carbocycles. The van der Waals surface area contributed by atoms with E-state index in [1.807, 2.05) is 0 Å². The minimum Gasteiger partial charge on any atom is -0.375 e. The fourth-order valence-electron chi connectivity index (χ4n) is 7.32. The molecule has 14 heteroatoms. The third-order valence-electron chi connectivity index (χ3n) is 9.59. The molecule has 0 bridgehead atoms. The lowest BCUT2D eigenvalue weighted by Gasteiger charge is -2.26. The summed E-state index contributed by atoms with van der Waals surface area (Å²) in [6.07, 6.45) is 0. The number of halogens is 6. The molecule has 6 nitrogen and oxygen atoms in total. The van der Waals surface area contributed by atoms with Crippen molar-refractivity contribution < 1.29 is 51.5 Å². The van der Waals surface area contributed by atoms with Crippen LogP contribution in [0.2, 0.25) is 0 Å². The van der Waals surface area contributed by atoms with Crippen LogP contribution in [0.1, 0.15) is 0 Å². The fraction of sp³-hybridized carbons (Fsp3) is 0.0455. The lowest BCUT2D eigenvalue weighted by atomic mass is 9.78. The standard InChI is InChI=1S/C44H26F6O6S2/c45-43(46,47)57(51,52)55-35-25-13-11-23-33(35)39-29-19-7-10-22-32(29)42-38(28-17-5-2-6-18-28)40(34-24-12-14-26-36(34)56-58(53,54)44(48,49)50)30-20-8-9-21-31(30)41(42)37(39)27-15-3-1-4-16-27/h1-26H. The predicted octanol–water partition coefficient (Wildman–Crippen LogP) is 12.3. The van der Waals surface area contributed by atoms with Crippen molar-refractivity contribution in [3.8, 4) is 56.0 Å². The van der Waals surface area contributed by atoms with Gasteiger partial charge in [-0.3, -0.25) is 0 Å². The molecule has 0 heterocycles. The van der Waals surface area contributed by atoms with E-state index in [2.05, 4.69) is 0 Å². The van der Waals surface area contributed by atoms with E-state index in [0.717, 1.165) is 12.1 Å². The third-order valence-corrected chi connectivity index (χ3v) is 11.5. The van der Waals surface area contributed by atoms with Crippen molar-refractivity contribution in [3.05, 3.63) is 158 Å². The first kappa shape index (κ1) is 38.5. The van der Waals surface area contributed by atoms with Crippen LogP contribution >= 0.6 is 0 Å². The molecule has 0 N–H and O–H groups in total. The summed E-state index contributed by atoms with van der Waals surface area (Å²) in [4.78, 5) is 0. The molecule has 0 amide bonds. The molecule has 0 aliphatic carbocycles. The molecular formula is C44H26F6O6S2. The van der Waals surface area contributed by atoms with Crippen LogP contribution in [0.4, 0.5) is 26.3 Å². The van der Waals surface area contributed by atoms with E-state index in [0.29, 0.717) is 65.7 Å². The Morgan fingerprint density at radius 3 is 0.983 bits per heavy atom. The molecule has 0 saturated heterocycles. The highest BCUT2D eigenvalue weighted by molar-refractivity contribution is 7.88. The van der Waals surface area contributed by atoms with Gasteiger partial charge in [-0.2, -0.15) is 43.2 Å². The maximum atomic E-state index is 13.8. The van der Waals surface area contributed by atoms with Crippen LogP contribution in [-0.4, -0.2) is 27.9 Å². The number of hydrogen-bond donors (Lipinski definition) is 0. The topological polar surface area (TPSA) is 86.7 Å². The van der Waals surface area contributed by atoms with E-state index in [1.165, 1.54) is 24.3 Å². The molecule has 8 aromatic carbocycles. The minimum absolute atomic E-state index is 0.0257. The Labute approximate surface area is 327 Å². The monoisotopic (exact) mass is 828 g/mol. The zero-order chi connectivity index (χ0) is 41.0. The summed E-state index contributed by atoms with van der Waals surface area (Å²) in [6, 6.07) is 42.6. The van der Waals surface area contributed by atoms with Crippen molar-refractivity contribution >= 4 is 52.6 Å². The van der Waals surface area contributed by atoms with Gasteiger partial charge in [-0.05, 0) is 66.7 Å². The molecule has 0 aliphatic heterocycles. The Morgan fingerprint density at radius 1 is 0.345 bits per heavy atom. The first-order valence-electron chi connectivity index (χ1n) is 17.3. The van der Waals surface area contributed by atoms with Crippen LogP contribution in [0.3, 0.4) is 0 Å². The Bertz CT molecular complexity index is 2900. The van der Waals surface area contributed by atoms with Gasteiger partial charge in [-0.25, -0.2) is 0 Å². The zero-order valence-corrected chi connectivity index (χ0v) is 31.2. The first-order valence-corrected chi connectivity index (χ1v) is 20.1. The Morgan fingerprint density at radius 2 is 0.638 bits per heavy atom. The van der Waals surface area contributed by atoms with E-state index in [4.69, 9.17) is 8.37 Å². The summed E-state index contributed by atoms with van der Waals surface area (Å²) < 4.78 is 142. The van der Waals surface area contributed by atoms with Gasteiger partial charge in [-0.1, -0.05) is 146 Å². The summed E-state index contributed by atoms with van der Waals surface area (Å²) in [5.74, 6) is -1.16. The first-order chi connectivity index (χ1) is 27.6. The van der Waals surface area contributed by atoms with Crippen molar-refractivity contribution in [1.29, 1.82) is 0 Å². The molecular weight excluding hydrogens is 803 g/mol. The van der Waals surface area contributed by atoms with E-state index >= 15 is 0 Å². The molecule has 8 aromatic rings. The molecule has 0 radical (unpaired) electrons. The van der Waals surface area contributed by atoms with Crippen LogP contribution in [0.5, 0.6) is 11.5 Å². The van der Waals surface area contributed by atoms with Crippen LogP contribution < -0.4 is 8.37 Å². The van der Waals surface area contributed by atoms with Gasteiger partial charge in [0.05, 0.1) is 0 Å². The number of para-hydroxylation sites is 2. The highest BCUT2D eigenvalue weighted by Gasteiger charge is 2.50. The van der Waals surface area contributed by atoms with Gasteiger partial charge in [0, 0.05) is 22.3 Å². The highest BCUT2D eigenvalue weighted by atomic mass is 32.2. The molecule has 0 aliphatic rings. The second-order valence-corrected chi connectivity index (χ2v) is 16.1. The van der Waals surface area contributed by atoms with E-state index in [1.54, 1.807) is 121 Å². The molecule has 0 unspecified atom stereocenters. The van der Waals surface area contributed by atoms with Crippen LogP contribution in [-0.2, 0) is 20.2 Å². The number of fused-ring (bicyclic) bond motifs is 5. The predicted molar refractivity (Wildman–Crippen MR) is 212 cm³/mol. The number of hydrogen-bond acceptors (Lipinski definition) is 6. The Balaban J connectivity index is 1.63. The second kappa shape index (κ2) is 14.2. The normalized spacial score (nSPS) is 12.6. The van der Waals surface area contributed by atoms with Crippen LogP contribution in [0.25, 0.3) is 76.8 Å². The number of rotatable bonds is 8. The van der Waals surface area contributed by atoms with Crippen molar-refractivity contribution in [2.75, 3.05) is 0 Å². The summed E-state index contributed by atoms with van der Waals surface area (Å²) in [5.41, 5.74) is -8.64. The van der Waals surface area contributed by atoms with Gasteiger partial charge in [0.25, 0.3) is 0 Å². The zero-order valence-electron chi connectivity index (χ0n) is 29.5. The Hall–Kier alpha value is -6.38. The number of alkyl halides is 6. The van der Waals surface area contributed by atoms with Gasteiger partial charge in [-0.15, -0.1) is 0 Å². The minimum atomic E-state index is -6.12. The van der Waals surface area contributed by atoms with Gasteiger partial charge < -0.3 is 8.37 Å². The Kier molecular flexibility index (Phi) is 9.44. The van der Waals surface area contributed by atoms with Gasteiger partial charge >= 0.3 is 31.3 Å². The molecule has 0 spiro atoms. The van der Waals surface area contributed by atoms with Crippen molar-refractivity contribution in [1.82, 2.24) is 0 Å². The molecule has 0 atom stereocenters. The smallest absolute Gasteiger partial charge is 0.375 e. The van der Waals surface area contributed by atoms with E-state index < -0.39 is 42.8 Å². The molecule has 8 rings (SSSR count). The van der Waals surface area contributed by atoms with Gasteiger partial charge in [0.15, 0.2) is 11.5 Å². The molecule has 0 fully saturated rings. The van der Waals surface area contributed by atoms with E-state index in [-0.39, 0.29) is 11.1 Å². The summed E-state index contributed by atoms with van der Waals surface area (Å²) >= 11 is 0. The molecule has 58 heavy (non-hydrogen) atoms. The average Bonchev–Trinajstić information content (AvgIpc) is 3.20. The average molecular weight is 829 g/mol. The summed E-state index contributed by atoms with van der Waals surface area (Å²) in [6.45, 7) is 0. The lowest BCUT2D eigenvalue weighted by molar-refractivity contribution is -0.0504. The largest absolute Gasteiger partial charge is 0.534 e. The summed E-state index contributed by atoms with van der Waals surface area (Å²) in [7, 11) is -12.2. The lowest BCUT2D eigenvalue weighted by Crippen LogP contribution is -2.28. The fourth-order valence-corrected chi connectivity index (χ4v) is 8.27. The quantitative estimate of drug-likeness (QED) is 0.0656. The summed E-state index contributed by atoms with van der Waals surface area (Å²) in [5, 5.41) is 3.05. The van der Waals surface area contributed by atoms with Gasteiger partial charge in [0.1, 0.15) is 0 Å². The SMILES string of the molecule is O=S(=O)(Oc1ccccc1-c1c(-c2ccccc2)c2c3ccccc3c(-c3ccccc3OS(=O)(=O)C(F)(F)F)c(-c3ccccc3)c2c2ccccc12)C(F)(F)F.